The predicted molar refractivity (Wildman–Crippen MR) is 90.5 cm³/mol. The zero-order valence-corrected chi connectivity index (χ0v) is 15.1. The van der Waals surface area contributed by atoms with Gasteiger partial charge < -0.3 is 10.1 Å². The van der Waals surface area contributed by atoms with Crippen molar-refractivity contribution in [2.45, 2.75) is 0 Å². The lowest BCUT2D eigenvalue weighted by Crippen LogP contribution is -1.96. The van der Waals surface area contributed by atoms with E-state index >= 15 is 0 Å². The van der Waals surface area contributed by atoms with E-state index in [1.807, 2.05) is 24.3 Å². The van der Waals surface area contributed by atoms with Gasteiger partial charge in [0.1, 0.15) is 11.8 Å². The minimum Gasteiger partial charge on any atom is -0.495 e. The number of anilines is 2. The van der Waals surface area contributed by atoms with Gasteiger partial charge in [0.25, 0.3) is 0 Å². The Morgan fingerprint density at radius 3 is 2.45 bits per heavy atom. The van der Waals surface area contributed by atoms with Crippen molar-refractivity contribution in [2.24, 2.45) is 0 Å². The Labute approximate surface area is 142 Å². The van der Waals surface area contributed by atoms with Crippen LogP contribution in [0.1, 0.15) is 5.56 Å². The van der Waals surface area contributed by atoms with E-state index in [1.54, 1.807) is 13.2 Å². The van der Waals surface area contributed by atoms with Crippen LogP contribution in [0.15, 0.2) is 43.7 Å². The molecule has 102 valence electrons. The van der Waals surface area contributed by atoms with Crippen molar-refractivity contribution in [1.29, 1.82) is 5.26 Å². The molecule has 0 amide bonds. The number of nitriles is 1. The lowest BCUT2D eigenvalue weighted by atomic mass is 10.2. The van der Waals surface area contributed by atoms with Gasteiger partial charge in [0.05, 0.1) is 28.5 Å². The van der Waals surface area contributed by atoms with Crippen molar-refractivity contribution in [3.63, 3.8) is 0 Å². The van der Waals surface area contributed by atoms with Crippen molar-refractivity contribution in [1.82, 2.24) is 0 Å². The number of halogens is 3. The number of hydrogen-bond donors (Lipinski definition) is 1. The third kappa shape index (κ3) is 3.35. The van der Waals surface area contributed by atoms with E-state index in [4.69, 9.17) is 4.74 Å². The number of nitrogens with zero attached hydrogens (tertiary/aromatic N) is 1. The summed E-state index contributed by atoms with van der Waals surface area (Å²) < 4.78 is 7.87. The minimum absolute atomic E-state index is 0.563. The molecule has 0 aliphatic rings. The molecule has 1 N–H and O–H groups in total. The quantitative estimate of drug-likeness (QED) is 0.648. The molecule has 2 rings (SSSR count). The fraction of sp³-hybridized carbons (Fsp3) is 0.0714. The number of rotatable bonds is 3. The molecule has 0 aromatic heterocycles. The summed E-state index contributed by atoms with van der Waals surface area (Å²) in [5, 5.41) is 12.4. The van der Waals surface area contributed by atoms with Gasteiger partial charge in [0.15, 0.2) is 0 Å². The monoisotopic (exact) mass is 458 g/mol. The molecule has 0 atom stereocenters. The smallest absolute Gasteiger partial charge is 0.135 e. The van der Waals surface area contributed by atoms with Crippen molar-refractivity contribution >= 4 is 59.2 Å². The lowest BCUT2D eigenvalue weighted by Gasteiger charge is -2.13. The summed E-state index contributed by atoms with van der Waals surface area (Å²) in [4.78, 5) is 0. The maximum Gasteiger partial charge on any atom is 0.135 e. The van der Waals surface area contributed by atoms with E-state index in [9.17, 15) is 5.26 Å². The molecule has 0 saturated carbocycles. The summed E-state index contributed by atoms with van der Waals surface area (Å²) in [6.07, 6.45) is 0. The number of hydrogen-bond acceptors (Lipinski definition) is 3. The van der Waals surface area contributed by atoms with Crippen LogP contribution in [-0.2, 0) is 0 Å². The summed E-state index contributed by atoms with van der Waals surface area (Å²) >= 11 is 10.3. The number of nitrogens with one attached hydrogen (secondary N) is 1. The molecule has 6 heteroatoms. The van der Waals surface area contributed by atoms with Crippen molar-refractivity contribution in [3.8, 4) is 11.8 Å². The second kappa shape index (κ2) is 6.61. The van der Waals surface area contributed by atoms with Gasteiger partial charge in [0, 0.05) is 15.0 Å². The maximum absolute atomic E-state index is 9.18. The SMILES string of the molecule is COc1cc(Nc2ccc(Br)cc2C#N)c(Br)cc1Br. The summed E-state index contributed by atoms with van der Waals surface area (Å²) in [6.45, 7) is 0. The van der Waals surface area contributed by atoms with E-state index in [2.05, 4.69) is 59.2 Å². The predicted octanol–water partition coefficient (Wildman–Crippen LogP) is 5.60. The van der Waals surface area contributed by atoms with E-state index in [0.29, 0.717) is 11.3 Å². The van der Waals surface area contributed by atoms with E-state index < -0.39 is 0 Å². The molecular formula is C14H9Br3N2O. The molecule has 0 unspecified atom stereocenters. The average molecular weight is 461 g/mol. The maximum atomic E-state index is 9.18. The van der Waals surface area contributed by atoms with Crippen LogP contribution >= 0.6 is 47.8 Å². The van der Waals surface area contributed by atoms with Gasteiger partial charge in [-0.15, -0.1) is 0 Å². The third-order valence-corrected chi connectivity index (χ3v) is 4.38. The highest BCUT2D eigenvalue weighted by molar-refractivity contribution is 9.11. The van der Waals surface area contributed by atoms with Gasteiger partial charge >= 0.3 is 0 Å². The van der Waals surface area contributed by atoms with Crippen molar-refractivity contribution < 1.29 is 4.74 Å². The van der Waals surface area contributed by atoms with E-state index in [0.717, 1.165) is 24.8 Å². The summed E-state index contributed by atoms with van der Waals surface area (Å²) in [5.41, 5.74) is 2.12. The van der Waals surface area contributed by atoms with Crippen LogP contribution in [0.5, 0.6) is 5.75 Å². The largest absolute Gasteiger partial charge is 0.495 e. The molecule has 20 heavy (non-hydrogen) atoms. The molecule has 0 spiro atoms. The number of benzene rings is 2. The second-order valence-corrected chi connectivity index (χ2v) is 6.52. The molecule has 3 nitrogen and oxygen atoms in total. The Morgan fingerprint density at radius 2 is 1.80 bits per heavy atom. The Bertz CT molecular complexity index is 696. The van der Waals surface area contributed by atoms with E-state index in [-0.39, 0.29) is 0 Å². The van der Waals surface area contributed by atoms with E-state index in [1.165, 1.54) is 0 Å². The number of methoxy groups -OCH3 is 1. The molecule has 2 aromatic carbocycles. The Balaban J connectivity index is 2.43. The summed E-state index contributed by atoms with van der Waals surface area (Å²) in [7, 11) is 1.61. The van der Waals surface area contributed by atoms with Crippen LogP contribution in [0.25, 0.3) is 0 Å². The summed E-state index contributed by atoms with van der Waals surface area (Å²) in [6, 6.07) is 11.4. The molecule has 2 aromatic rings. The van der Waals surface area contributed by atoms with Crippen LogP contribution < -0.4 is 10.1 Å². The highest BCUT2D eigenvalue weighted by Gasteiger charge is 2.09. The zero-order valence-electron chi connectivity index (χ0n) is 10.4. The van der Waals surface area contributed by atoms with Gasteiger partial charge in [-0.1, -0.05) is 15.9 Å². The molecule has 0 heterocycles. The topological polar surface area (TPSA) is 45.0 Å². The van der Waals surface area contributed by atoms with Gasteiger partial charge in [-0.25, -0.2) is 0 Å². The lowest BCUT2D eigenvalue weighted by molar-refractivity contribution is 0.412. The Morgan fingerprint density at radius 1 is 1.05 bits per heavy atom. The van der Waals surface area contributed by atoms with Gasteiger partial charge in [0.2, 0.25) is 0 Å². The molecule has 0 radical (unpaired) electrons. The highest BCUT2D eigenvalue weighted by Crippen LogP contribution is 2.36. The van der Waals surface area contributed by atoms with Gasteiger partial charge in [-0.05, 0) is 56.1 Å². The molecule has 0 saturated heterocycles. The molecule has 0 fully saturated rings. The van der Waals surface area contributed by atoms with Crippen LogP contribution in [0, 0.1) is 11.3 Å². The second-order valence-electron chi connectivity index (χ2n) is 3.89. The molecule has 0 bridgehead atoms. The van der Waals surface area contributed by atoms with Crippen LogP contribution in [0.2, 0.25) is 0 Å². The first kappa shape index (κ1) is 15.4. The summed E-state index contributed by atoms with van der Waals surface area (Å²) in [5.74, 6) is 0.714. The first-order chi connectivity index (χ1) is 9.55. The van der Waals surface area contributed by atoms with Crippen molar-refractivity contribution in [2.75, 3.05) is 12.4 Å². The average Bonchev–Trinajstić information content (AvgIpc) is 2.43. The van der Waals surface area contributed by atoms with Crippen LogP contribution in [0.3, 0.4) is 0 Å². The highest BCUT2D eigenvalue weighted by atomic mass is 79.9. The minimum atomic E-state index is 0.563. The third-order valence-electron chi connectivity index (χ3n) is 2.61. The molecule has 0 aliphatic heterocycles. The fourth-order valence-corrected chi connectivity index (χ4v) is 3.26. The normalized spacial score (nSPS) is 9.95. The Kier molecular flexibility index (Phi) is 5.08. The van der Waals surface area contributed by atoms with Gasteiger partial charge in [-0.2, -0.15) is 5.26 Å². The molecule has 0 aliphatic carbocycles. The standard InChI is InChI=1S/C14H9Br3N2O/c1-20-14-6-13(10(16)5-11(14)17)19-12-3-2-9(15)4-8(12)7-18/h2-6,19H,1H3. The first-order valence-electron chi connectivity index (χ1n) is 5.55. The fourth-order valence-electron chi connectivity index (χ4n) is 1.64. The Hall–Kier alpha value is -1.03. The first-order valence-corrected chi connectivity index (χ1v) is 7.92. The van der Waals surface area contributed by atoms with Crippen LogP contribution in [-0.4, -0.2) is 7.11 Å². The van der Waals surface area contributed by atoms with Gasteiger partial charge in [-0.3, -0.25) is 0 Å². The van der Waals surface area contributed by atoms with Crippen molar-refractivity contribution in [3.05, 3.63) is 49.3 Å². The molecular weight excluding hydrogens is 452 g/mol. The van der Waals surface area contributed by atoms with Crippen LogP contribution in [0.4, 0.5) is 11.4 Å². The number of ether oxygens (including phenoxy) is 1. The zero-order chi connectivity index (χ0) is 14.7.